The van der Waals surface area contributed by atoms with Gasteiger partial charge >= 0.3 is 0 Å². The number of hydrogen-bond donors (Lipinski definition) is 0. The predicted molar refractivity (Wildman–Crippen MR) is 105 cm³/mol. The summed E-state index contributed by atoms with van der Waals surface area (Å²) < 4.78 is 0. The second-order valence-electron chi connectivity index (χ2n) is 5.62. The molecule has 0 unspecified atom stereocenters. The number of rotatable bonds is 2. The molecule has 0 fully saturated rings. The fourth-order valence-corrected chi connectivity index (χ4v) is 3.46. The molecule has 0 bridgehead atoms. The maximum Gasteiger partial charge on any atom is 0.0659 e. The number of nitrogens with zero attached hydrogens (tertiary/aromatic N) is 1. The molecular weight excluding hydrogens is 337 g/mol. The van der Waals surface area contributed by atoms with E-state index in [1.165, 1.54) is 21.5 Å². The maximum absolute atomic E-state index is 6.06. The van der Waals surface area contributed by atoms with Crippen LogP contribution in [-0.2, 0) is 0 Å². The Kier molecular flexibility index (Phi) is 3.97. The van der Waals surface area contributed by atoms with Crippen molar-refractivity contribution < 1.29 is 0 Å². The summed E-state index contributed by atoms with van der Waals surface area (Å²) in [5.74, 6) is 0. The molecule has 0 aliphatic rings. The van der Waals surface area contributed by atoms with E-state index < -0.39 is 0 Å². The molecule has 24 heavy (non-hydrogen) atoms. The van der Waals surface area contributed by atoms with Crippen molar-refractivity contribution in [1.29, 1.82) is 0 Å². The van der Waals surface area contributed by atoms with Gasteiger partial charge in [-0.15, -0.1) is 0 Å². The van der Waals surface area contributed by atoms with Crippen molar-refractivity contribution in [1.82, 2.24) is 0 Å². The Morgan fingerprint density at radius 2 is 1.21 bits per heavy atom. The molecule has 0 amide bonds. The Balaban J connectivity index is 1.94. The summed E-state index contributed by atoms with van der Waals surface area (Å²) in [6.45, 7) is 0. The zero-order valence-electron chi connectivity index (χ0n) is 12.7. The largest absolute Gasteiger partial charge is 0.256 e. The van der Waals surface area contributed by atoms with E-state index in [4.69, 9.17) is 23.2 Å². The Morgan fingerprint density at radius 1 is 0.667 bits per heavy atom. The smallest absolute Gasteiger partial charge is 0.0659 e. The quantitative estimate of drug-likeness (QED) is 0.271. The molecule has 116 valence electrons. The normalized spacial score (nSPS) is 11.6. The van der Waals surface area contributed by atoms with E-state index in [1.807, 2.05) is 18.3 Å². The van der Waals surface area contributed by atoms with Crippen molar-refractivity contribution >= 4 is 56.6 Å². The molecule has 4 aromatic rings. The number of benzene rings is 4. The Morgan fingerprint density at radius 3 is 1.79 bits per heavy atom. The van der Waals surface area contributed by atoms with Gasteiger partial charge in [-0.2, -0.15) is 0 Å². The minimum absolute atomic E-state index is 0.581. The molecule has 0 aliphatic heterocycles. The lowest BCUT2D eigenvalue weighted by molar-refractivity contribution is 1.53. The first kappa shape index (κ1) is 15.2. The Labute approximate surface area is 150 Å². The van der Waals surface area contributed by atoms with E-state index in [2.05, 4.69) is 47.5 Å². The van der Waals surface area contributed by atoms with Crippen LogP contribution in [0.15, 0.2) is 77.8 Å². The third-order valence-corrected chi connectivity index (χ3v) is 4.44. The average molecular weight is 350 g/mol. The summed E-state index contributed by atoms with van der Waals surface area (Å²) in [6, 6.07) is 24.2. The molecule has 3 heteroatoms. The van der Waals surface area contributed by atoms with E-state index in [9.17, 15) is 0 Å². The van der Waals surface area contributed by atoms with Crippen LogP contribution < -0.4 is 0 Å². The van der Waals surface area contributed by atoms with Gasteiger partial charge in [0.05, 0.1) is 5.69 Å². The van der Waals surface area contributed by atoms with Crippen LogP contribution in [-0.4, -0.2) is 6.21 Å². The van der Waals surface area contributed by atoms with Crippen LogP contribution in [0.2, 0.25) is 10.0 Å². The van der Waals surface area contributed by atoms with Gasteiger partial charge in [-0.3, -0.25) is 4.99 Å². The summed E-state index contributed by atoms with van der Waals surface area (Å²) in [6.07, 6.45) is 1.90. The molecule has 0 N–H and O–H groups in total. The zero-order chi connectivity index (χ0) is 16.5. The molecule has 0 aliphatic carbocycles. The molecule has 0 spiro atoms. The minimum atomic E-state index is 0.581. The molecule has 4 rings (SSSR count). The lowest BCUT2D eigenvalue weighted by atomic mass is 9.97. The van der Waals surface area contributed by atoms with Gasteiger partial charge in [0.15, 0.2) is 0 Å². The van der Waals surface area contributed by atoms with Crippen LogP contribution in [0.3, 0.4) is 0 Å². The highest BCUT2D eigenvalue weighted by Crippen LogP contribution is 2.29. The number of halogens is 2. The second kappa shape index (κ2) is 6.27. The van der Waals surface area contributed by atoms with Crippen molar-refractivity contribution in [3.63, 3.8) is 0 Å². The average Bonchev–Trinajstić information content (AvgIpc) is 2.58. The Hall–Kier alpha value is -2.35. The summed E-state index contributed by atoms with van der Waals surface area (Å²) in [4.78, 5) is 4.60. The van der Waals surface area contributed by atoms with Crippen molar-refractivity contribution in [2.45, 2.75) is 0 Å². The van der Waals surface area contributed by atoms with Crippen LogP contribution in [0, 0.1) is 0 Å². The van der Waals surface area contributed by atoms with Crippen molar-refractivity contribution in [2.75, 3.05) is 0 Å². The number of hydrogen-bond acceptors (Lipinski definition) is 1. The van der Waals surface area contributed by atoms with Crippen LogP contribution in [0.5, 0.6) is 0 Å². The summed E-state index contributed by atoms with van der Waals surface area (Å²) in [5.41, 5.74) is 1.84. The number of fused-ring (bicyclic) bond motifs is 2. The Bertz CT molecular complexity index is 1010. The lowest BCUT2D eigenvalue weighted by Gasteiger charge is -2.08. The van der Waals surface area contributed by atoms with Crippen molar-refractivity contribution in [2.24, 2.45) is 4.99 Å². The molecule has 0 radical (unpaired) electrons. The molecular formula is C21H13Cl2N. The minimum Gasteiger partial charge on any atom is -0.256 e. The zero-order valence-corrected chi connectivity index (χ0v) is 14.2. The first-order valence-corrected chi connectivity index (χ1v) is 8.37. The number of aliphatic imine (C=N–C) groups is 1. The lowest BCUT2D eigenvalue weighted by Crippen LogP contribution is -1.88. The molecule has 0 aromatic heterocycles. The van der Waals surface area contributed by atoms with Crippen molar-refractivity contribution in [3.05, 3.63) is 88.4 Å². The first-order valence-electron chi connectivity index (χ1n) is 7.61. The monoisotopic (exact) mass is 349 g/mol. The standard InChI is InChI=1S/C21H13Cl2N/c22-16-10-17(23)12-18(11-16)24-13-21-19-7-3-1-5-14(19)9-15-6-2-4-8-20(15)21/h1-13H. The summed E-state index contributed by atoms with van der Waals surface area (Å²) in [7, 11) is 0. The van der Waals surface area contributed by atoms with E-state index in [-0.39, 0.29) is 0 Å². The molecule has 1 nitrogen and oxygen atoms in total. The fourth-order valence-electron chi connectivity index (χ4n) is 2.94. The molecule has 4 aromatic carbocycles. The van der Waals surface area contributed by atoms with Gasteiger partial charge in [0, 0.05) is 21.8 Å². The highest BCUT2D eigenvalue weighted by atomic mass is 35.5. The van der Waals surface area contributed by atoms with E-state index in [0.717, 1.165) is 11.3 Å². The molecule has 0 atom stereocenters. The molecule has 0 saturated heterocycles. The van der Waals surface area contributed by atoms with Gasteiger partial charge in [-0.25, -0.2) is 0 Å². The highest BCUT2D eigenvalue weighted by molar-refractivity contribution is 6.35. The fraction of sp³-hybridized carbons (Fsp3) is 0. The van der Waals surface area contributed by atoms with Gasteiger partial charge in [0.2, 0.25) is 0 Å². The third kappa shape index (κ3) is 2.89. The maximum atomic E-state index is 6.06. The van der Waals surface area contributed by atoms with Gasteiger partial charge in [-0.1, -0.05) is 71.7 Å². The van der Waals surface area contributed by atoms with Crippen LogP contribution in [0.1, 0.15) is 5.56 Å². The van der Waals surface area contributed by atoms with Gasteiger partial charge < -0.3 is 0 Å². The van der Waals surface area contributed by atoms with Crippen LogP contribution in [0.25, 0.3) is 21.5 Å². The van der Waals surface area contributed by atoms with E-state index >= 15 is 0 Å². The summed E-state index contributed by atoms with van der Waals surface area (Å²) in [5, 5.41) is 5.90. The van der Waals surface area contributed by atoms with Gasteiger partial charge in [0.25, 0.3) is 0 Å². The van der Waals surface area contributed by atoms with E-state index in [0.29, 0.717) is 10.0 Å². The molecule has 0 heterocycles. The van der Waals surface area contributed by atoms with Crippen LogP contribution in [0.4, 0.5) is 5.69 Å². The van der Waals surface area contributed by atoms with Gasteiger partial charge in [0.1, 0.15) is 0 Å². The first-order chi connectivity index (χ1) is 11.7. The van der Waals surface area contributed by atoms with E-state index in [1.54, 1.807) is 18.2 Å². The second-order valence-corrected chi connectivity index (χ2v) is 6.49. The topological polar surface area (TPSA) is 12.4 Å². The van der Waals surface area contributed by atoms with Crippen molar-refractivity contribution in [3.8, 4) is 0 Å². The van der Waals surface area contributed by atoms with Crippen LogP contribution >= 0.6 is 23.2 Å². The highest BCUT2D eigenvalue weighted by Gasteiger charge is 2.05. The predicted octanol–water partition coefficient (Wildman–Crippen LogP) is 7.05. The summed E-state index contributed by atoms with van der Waals surface area (Å²) >= 11 is 12.1. The SMILES string of the molecule is Clc1cc(Cl)cc(N=Cc2c3ccccc3cc3ccccc23)c1. The van der Waals surface area contributed by atoms with Gasteiger partial charge in [-0.05, 0) is 45.8 Å². The molecule has 0 saturated carbocycles. The third-order valence-electron chi connectivity index (χ3n) is 4.00.